The van der Waals surface area contributed by atoms with Crippen molar-refractivity contribution in [3.63, 3.8) is 0 Å². The highest BCUT2D eigenvalue weighted by molar-refractivity contribution is 7.90. The lowest BCUT2D eigenvalue weighted by atomic mass is 9.82. The Morgan fingerprint density at radius 1 is 1.04 bits per heavy atom. The molecule has 3 aromatic carbocycles. The van der Waals surface area contributed by atoms with Gasteiger partial charge in [0.05, 0.1) is 17.9 Å². The summed E-state index contributed by atoms with van der Waals surface area (Å²) in [6.45, 7) is 0. The van der Waals surface area contributed by atoms with Gasteiger partial charge in [0.2, 0.25) is 5.91 Å². The summed E-state index contributed by atoms with van der Waals surface area (Å²) in [6.07, 6.45) is 2.27. The van der Waals surface area contributed by atoms with Gasteiger partial charge in [-0.1, -0.05) is 48.5 Å². The van der Waals surface area contributed by atoms with Crippen molar-refractivity contribution < 1.29 is 17.9 Å². The molecule has 1 unspecified atom stereocenters. The third kappa shape index (κ3) is 3.24. The molecule has 28 heavy (non-hydrogen) atoms. The molecule has 1 N–H and O–H groups in total. The fraction of sp³-hybridized carbons (Fsp3) is 0.227. The van der Waals surface area contributed by atoms with Crippen molar-refractivity contribution in [1.29, 1.82) is 0 Å². The summed E-state index contributed by atoms with van der Waals surface area (Å²) in [5.74, 6) is -0.442. The molecule has 0 saturated heterocycles. The Hall–Kier alpha value is -2.86. The van der Waals surface area contributed by atoms with E-state index in [-0.39, 0.29) is 4.90 Å². The molecule has 1 atom stereocenters. The second-order valence-corrected chi connectivity index (χ2v) is 8.58. The van der Waals surface area contributed by atoms with Crippen LogP contribution in [0.5, 0.6) is 5.75 Å². The molecule has 5 nitrogen and oxygen atoms in total. The van der Waals surface area contributed by atoms with E-state index in [1.54, 1.807) is 25.3 Å². The van der Waals surface area contributed by atoms with Crippen molar-refractivity contribution >= 4 is 26.7 Å². The molecule has 0 aliphatic heterocycles. The Morgan fingerprint density at radius 2 is 1.79 bits per heavy atom. The summed E-state index contributed by atoms with van der Waals surface area (Å²) in [5.41, 5.74) is 1.83. The number of fused-ring (bicyclic) bond motifs is 2. The standard InChI is InChI=1S/C22H21NO4S/c1-27-19-13-5-10-16-9-4-12-18(21(16)19)22(24)23-28(25,26)20-14-6-8-15-7-2-3-11-17(15)20/h2-3,5-8,10-11,13-14,18H,4,9,12H2,1H3,(H,23,24). The summed E-state index contributed by atoms with van der Waals surface area (Å²) in [6, 6.07) is 17.9. The van der Waals surface area contributed by atoms with Crippen LogP contribution in [-0.2, 0) is 21.2 Å². The molecule has 0 aromatic heterocycles. The fourth-order valence-electron chi connectivity index (χ4n) is 3.97. The first-order chi connectivity index (χ1) is 13.5. The summed E-state index contributed by atoms with van der Waals surface area (Å²) in [5, 5.41) is 1.40. The van der Waals surface area contributed by atoms with Gasteiger partial charge in [0.1, 0.15) is 5.75 Å². The number of hydrogen-bond donors (Lipinski definition) is 1. The van der Waals surface area contributed by atoms with Crippen LogP contribution in [0.4, 0.5) is 0 Å². The molecule has 0 spiro atoms. The van der Waals surface area contributed by atoms with E-state index in [0.717, 1.165) is 29.4 Å². The normalized spacial score (nSPS) is 16.4. The van der Waals surface area contributed by atoms with Crippen molar-refractivity contribution in [1.82, 2.24) is 4.72 Å². The van der Waals surface area contributed by atoms with Crippen LogP contribution in [-0.4, -0.2) is 21.4 Å². The van der Waals surface area contributed by atoms with Gasteiger partial charge in [-0.2, -0.15) is 0 Å². The molecule has 1 aliphatic rings. The number of benzene rings is 3. The lowest BCUT2D eigenvalue weighted by molar-refractivity contribution is -0.121. The highest BCUT2D eigenvalue weighted by Crippen LogP contribution is 2.38. The Morgan fingerprint density at radius 3 is 2.61 bits per heavy atom. The van der Waals surface area contributed by atoms with Crippen LogP contribution in [0.2, 0.25) is 0 Å². The Balaban J connectivity index is 1.70. The first kappa shape index (κ1) is 18.5. The van der Waals surface area contributed by atoms with Gasteiger partial charge in [0.15, 0.2) is 0 Å². The topological polar surface area (TPSA) is 72.5 Å². The maximum Gasteiger partial charge on any atom is 0.264 e. The van der Waals surface area contributed by atoms with Crippen molar-refractivity contribution in [2.24, 2.45) is 0 Å². The van der Waals surface area contributed by atoms with Crippen LogP contribution in [0, 0.1) is 0 Å². The smallest absolute Gasteiger partial charge is 0.264 e. The lowest BCUT2D eigenvalue weighted by Gasteiger charge is -2.26. The molecule has 0 bridgehead atoms. The summed E-state index contributed by atoms with van der Waals surface area (Å²) in [4.78, 5) is 13.1. The van der Waals surface area contributed by atoms with E-state index in [1.807, 2.05) is 36.4 Å². The minimum absolute atomic E-state index is 0.106. The summed E-state index contributed by atoms with van der Waals surface area (Å²) < 4.78 is 33.7. The van der Waals surface area contributed by atoms with Crippen molar-refractivity contribution in [2.45, 2.75) is 30.1 Å². The number of sulfonamides is 1. The molecule has 6 heteroatoms. The van der Waals surface area contributed by atoms with Crippen LogP contribution >= 0.6 is 0 Å². The Kier molecular flexibility index (Phi) is 4.81. The maximum absolute atomic E-state index is 13.0. The maximum atomic E-state index is 13.0. The molecule has 0 fully saturated rings. The van der Waals surface area contributed by atoms with Gasteiger partial charge in [-0.25, -0.2) is 13.1 Å². The molecule has 3 aromatic rings. The molecular formula is C22H21NO4S. The second kappa shape index (κ2) is 7.28. The first-order valence-corrected chi connectivity index (χ1v) is 10.7. The molecule has 1 amide bonds. The second-order valence-electron chi connectivity index (χ2n) is 6.92. The van der Waals surface area contributed by atoms with Crippen molar-refractivity contribution in [3.8, 4) is 5.75 Å². The number of ether oxygens (including phenoxy) is 1. The largest absolute Gasteiger partial charge is 0.496 e. The van der Waals surface area contributed by atoms with Crippen molar-refractivity contribution in [3.05, 3.63) is 71.8 Å². The number of rotatable bonds is 4. The summed E-state index contributed by atoms with van der Waals surface area (Å²) >= 11 is 0. The molecule has 144 valence electrons. The van der Waals surface area contributed by atoms with Crippen molar-refractivity contribution in [2.75, 3.05) is 7.11 Å². The predicted octanol–water partition coefficient (Wildman–Crippen LogP) is 3.77. The van der Waals surface area contributed by atoms with E-state index < -0.39 is 21.8 Å². The molecule has 0 radical (unpaired) electrons. The van der Waals surface area contributed by atoms with Gasteiger partial charge >= 0.3 is 0 Å². The van der Waals surface area contributed by atoms with Gasteiger partial charge in [-0.3, -0.25) is 4.79 Å². The average molecular weight is 395 g/mol. The highest BCUT2D eigenvalue weighted by Gasteiger charge is 2.32. The lowest BCUT2D eigenvalue weighted by Crippen LogP contribution is -2.36. The van der Waals surface area contributed by atoms with Crippen LogP contribution in [0.1, 0.15) is 29.9 Å². The Bertz CT molecular complexity index is 1130. The molecular weight excluding hydrogens is 374 g/mol. The minimum Gasteiger partial charge on any atom is -0.496 e. The SMILES string of the molecule is COc1cccc2c1C(C(=O)NS(=O)(=O)c1cccc3ccccc13)CCC2. The van der Waals surface area contributed by atoms with Gasteiger partial charge in [0, 0.05) is 10.9 Å². The van der Waals surface area contributed by atoms with E-state index >= 15 is 0 Å². The zero-order valence-electron chi connectivity index (χ0n) is 15.5. The monoisotopic (exact) mass is 395 g/mol. The van der Waals surface area contributed by atoms with E-state index in [9.17, 15) is 13.2 Å². The zero-order chi connectivity index (χ0) is 19.7. The highest BCUT2D eigenvalue weighted by atomic mass is 32.2. The fourth-order valence-corrected chi connectivity index (χ4v) is 5.22. The molecule has 0 saturated carbocycles. The number of amides is 1. The number of methoxy groups -OCH3 is 1. The average Bonchev–Trinajstić information content (AvgIpc) is 2.72. The van der Waals surface area contributed by atoms with Gasteiger partial charge in [-0.15, -0.1) is 0 Å². The van der Waals surface area contributed by atoms with E-state index in [2.05, 4.69) is 4.72 Å². The van der Waals surface area contributed by atoms with Gasteiger partial charge in [-0.05, 0) is 42.3 Å². The number of carbonyl (C=O) groups excluding carboxylic acids is 1. The van der Waals surface area contributed by atoms with Gasteiger partial charge < -0.3 is 4.74 Å². The number of hydrogen-bond acceptors (Lipinski definition) is 4. The molecule has 1 aliphatic carbocycles. The van der Waals surface area contributed by atoms with E-state index in [0.29, 0.717) is 17.6 Å². The number of nitrogens with one attached hydrogen (secondary N) is 1. The Labute approximate surface area is 164 Å². The quantitative estimate of drug-likeness (QED) is 0.730. The number of aryl methyl sites for hydroxylation is 1. The predicted molar refractivity (Wildman–Crippen MR) is 108 cm³/mol. The van der Waals surface area contributed by atoms with Crippen LogP contribution < -0.4 is 9.46 Å². The zero-order valence-corrected chi connectivity index (χ0v) is 16.3. The first-order valence-electron chi connectivity index (χ1n) is 9.21. The van der Waals surface area contributed by atoms with Crippen LogP contribution in [0.15, 0.2) is 65.6 Å². The van der Waals surface area contributed by atoms with Crippen LogP contribution in [0.3, 0.4) is 0 Å². The van der Waals surface area contributed by atoms with Gasteiger partial charge in [0.25, 0.3) is 10.0 Å². The van der Waals surface area contributed by atoms with E-state index in [1.165, 1.54) is 6.07 Å². The minimum atomic E-state index is -4.00. The third-order valence-corrected chi connectivity index (χ3v) is 6.66. The van der Waals surface area contributed by atoms with Crippen LogP contribution in [0.25, 0.3) is 10.8 Å². The number of carbonyl (C=O) groups is 1. The molecule has 4 rings (SSSR count). The third-order valence-electron chi connectivity index (χ3n) is 5.25. The molecule has 0 heterocycles. The summed E-state index contributed by atoms with van der Waals surface area (Å²) in [7, 11) is -2.44. The van der Waals surface area contributed by atoms with E-state index in [4.69, 9.17) is 4.74 Å².